The Kier molecular flexibility index (Phi) is 7.90. The van der Waals surface area contributed by atoms with Crippen molar-refractivity contribution in [3.63, 3.8) is 0 Å². The van der Waals surface area contributed by atoms with Gasteiger partial charge in [0, 0.05) is 43.4 Å². The number of amides is 1. The van der Waals surface area contributed by atoms with E-state index < -0.39 is 0 Å². The molecule has 9 heteroatoms. The molecule has 1 amide bonds. The van der Waals surface area contributed by atoms with Crippen molar-refractivity contribution in [2.24, 2.45) is 10.9 Å². The highest BCUT2D eigenvalue weighted by Gasteiger charge is 2.28. The summed E-state index contributed by atoms with van der Waals surface area (Å²) in [6.07, 6.45) is 6.22. The molecule has 2 aliphatic heterocycles. The number of aromatic nitrogens is 2. The van der Waals surface area contributed by atoms with Crippen LogP contribution in [0.3, 0.4) is 0 Å². The summed E-state index contributed by atoms with van der Waals surface area (Å²) in [5.74, 6) is 0.413. The minimum atomic E-state index is -0.343. The molecular formula is C30H35FN6O2. The Morgan fingerprint density at radius 2 is 2.18 bits per heavy atom. The van der Waals surface area contributed by atoms with Gasteiger partial charge in [0.05, 0.1) is 35.5 Å². The van der Waals surface area contributed by atoms with Gasteiger partial charge < -0.3 is 15.4 Å². The number of hydrogen-bond donors (Lipinski definition) is 2. The molecule has 0 aliphatic carbocycles. The van der Waals surface area contributed by atoms with Crippen LogP contribution in [0.2, 0.25) is 0 Å². The third-order valence-electron chi connectivity index (χ3n) is 7.57. The predicted octanol–water partition coefficient (Wildman–Crippen LogP) is 5.03. The Morgan fingerprint density at radius 1 is 1.36 bits per heavy atom. The van der Waals surface area contributed by atoms with E-state index in [4.69, 9.17) is 9.73 Å². The fourth-order valence-corrected chi connectivity index (χ4v) is 5.21. The molecule has 1 saturated heterocycles. The van der Waals surface area contributed by atoms with Crippen LogP contribution in [0.25, 0.3) is 16.9 Å². The van der Waals surface area contributed by atoms with Crippen molar-refractivity contribution in [2.75, 3.05) is 38.2 Å². The maximum atomic E-state index is 13.7. The summed E-state index contributed by atoms with van der Waals surface area (Å²) in [5.41, 5.74) is 6.22. The van der Waals surface area contributed by atoms with E-state index in [9.17, 15) is 9.18 Å². The number of benzene rings is 1. The van der Waals surface area contributed by atoms with Crippen molar-refractivity contribution in [3.05, 3.63) is 77.7 Å². The topological polar surface area (TPSA) is 83.3 Å². The molecule has 1 aromatic carbocycles. The normalized spacial score (nSPS) is 17.7. The lowest BCUT2D eigenvalue weighted by molar-refractivity contribution is 0.0966. The van der Waals surface area contributed by atoms with Crippen LogP contribution in [-0.4, -0.2) is 58.8 Å². The number of nitrogens with one attached hydrogen (secondary N) is 2. The predicted molar refractivity (Wildman–Crippen MR) is 152 cm³/mol. The number of aliphatic imine (C=N–C) groups is 1. The summed E-state index contributed by atoms with van der Waals surface area (Å²) in [4.78, 5) is 24.7. The highest BCUT2D eigenvalue weighted by molar-refractivity contribution is 6.06. The van der Waals surface area contributed by atoms with E-state index in [0.717, 1.165) is 54.2 Å². The third kappa shape index (κ3) is 5.37. The first-order valence-electron chi connectivity index (χ1n) is 13.5. The fraction of sp³-hybridized carbons (Fsp3) is 0.367. The average molecular weight is 531 g/mol. The second-order valence-electron chi connectivity index (χ2n) is 9.82. The van der Waals surface area contributed by atoms with Gasteiger partial charge in [0.1, 0.15) is 17.3 Å². The van der Waals surface area contributed by atoms with Crippen molar-refractivity contribution in [1.29, 1.82) is 0 Å². The lowest BCUT2D eigenvalue weighted by Crippen LogP contribution is -2.32. The van der Waals surface area contributed by atoms with Crippen LogP contribution >= 0.6 is 0 Å². The maximum Gasteiger partial charge on any atom is 0.254 e. The van der Waals surface area contributed by atoms with Crippen molar-refractivity contribution >= 4 is 23.0 Å². The molecule has 5 rings (SSSR count). The summed E-state index contributed by atoms with van der Waals surface area (Å²) < 4.78 is 21.2. The Morgan fingerprint density at radius 3 is 2.90 bits per heavy atom. The lowest BCUT2D eigenvalue weighted by atomic mass is 9.95. The highest BCUT2D eigenvalue weighted by Crippen LogP contribution is 2.35. The maximum absolute atomic E-state index is 13.7. The number of fused-ring (bicyclic) bond motifs is 2. The second kappa shape index (κ2) is 11.5. The summed E-state index contributed by atoms with van der Waals surface area (Å²) in [6, 6.07) is 6.65. The molecule has 1 fully saturated rings. The van der Waals surface area contributed by atoms with E-state index in [-0.39, 0.29) is 17.6 Å². The van der Waals surface area contributed by atoms with Gasteiger partial charge in [0.25, 0.3) is 5.91 Å². The Bertz CT molecular complexity index is 1460. The van der Waals surface area contributed by atoms with Crippen LogP contribution in [0.5, 0.6) is 0 Å². The van der Waals surface area contributed by atoms with Crippen LogP contribution < -0.4 is 10.6 Å². The molecule has 8 nitrogen and oxygen atoms in total. The summed E-state index contributed by atoms with van der Waals surface area (Å²) in [7, 11) is 0. The number of imidazole rings is 1. The SMILES string of the molecule is C=C(C(CN(CC)CC)=N/C(=C\C)Nc1ccc(-c2cnc3cc(F)ccn23)c2c1C(=O)NC2)[C@H]1CCOC1. The van der Waals surface area contributed by atoms with Crippen LogP contribution in [-0.2, 0) is 11.3 Å². The van der Waals surface area contributed by atoms with E-state index >= 15 is 0 Å². The molecule has 3 aromatic rings. The molecule has 4 heterocycles. The van der Waals surface area contributed by atoms with Gasteiger partial charge in [-0.1, -0.05) is 26.5 Å². The third-order valence-corrected chi connectivity index (χ3v) is 7.57. The van der Waals surface area contributed by atoms with Crippen molar-refractivity contribution in [1.82, 2.24) is 19.6 Å². The van der Waals surface area contributed by atoms with Gasteiger partial charge in [-0.2, -0.15) is 0 Å². The largest absolute Gasteiger partial charge is 0.381 e. The molecule has 204 valence electrons. The molecule has 0 bridgehead atoms. The number of ether oxygens (including phenoxy) is 1. The van der Waals surface area contributed by atoms with Gasteiger partial charge in [-0.05, 0) is 55.8 Å². The van der Waals surface area contributed by atoms with Gasteiger partial charge >= 0.3 is 0 Å². The van der Waals surface area contributed by atoms with Gasteiger partial charge in [-0.15, -0.1) is 0 Å². The van der Waals surface area contributed by atoms with E-state index in [2.05, 4.69) is 40.9 Å². The minimum Gasteiger partial charge on any atom is -0.381 e. The molecule has 39 heavy (non-hydrogen) atoms. The number of hydrogen-bond acceptors (Lipinski definition) is 6. The van der Waals surface area contributed by atoms with E-state index in [1.54, 1.807) is 12.4 Å². The van der Waals surface area contributed by atoms with E-state index in [0.29, 0.717) is 42.4 Å². The number of allylic oxidation sites excluding steroid dienone is 1. The molecule has 2 N–H and O–H groups in total. The number of rotatable bonds is 10. The van der Waals surface area contributed by atoms with E-state index in [1.165, 1.54) is 12.1 Å². The van der Waals surface area contributed by atoms with Crippen LogP contribution in [0, 0.1) is 11.7 Å². The first-order chi connectivity index (χ1) is 18.9. The molecule has 0 spiro atoms. The standard InChI is InChI=1S/C30H35FN6O2/c1-5-27(35-25(17-36(6-2)7-3)19(4)20-11-13-39-18-20)34-24-9-8-22(23-15-33-30(38)29(23)24)26-16-32-28-14-21(31)10-12-37(26)28/h5,8-10,12,14,16,20,34H,4,6-7,11,13,15,17-18H2,1-3H3,(H,33,38)/b27-5-,35-25?/t20-/m0/s1. The molecule has 0 unspecified atom stereocenters. The zero-order chi connectivity index (χ0) is 27.5. The Hall–Kier alpha value is -3.82. The number of anilines is 1. The molecule has 0 radical (unpaired) electrons. The quantitative estimate of drug-likeness (QED) is 0.359. The first-order valence-corrected chi connectivity index (χ1v) is 13.5. The highest BCUT2D eigenvalue weighted by atomic mass is 19.1. The molecule has 2 aliphatic rings. The Balaban J connectivity index is 1.49. The zero-order valence-electron chi connectivity index (χ0n) is 22.8. The van der Waals surface area contributed by atoms with Crippen LogP contribution in [0.1, 0.15) is 43.1 Å². The number of halogens is 1. The summed E-state index contributed by atoms with van der Waals surface area (Å²) >= 11 is 0. The van der Waals surface area contributed by atoms with Gasteiger partial charge in [0.15, 0.2) is 0 Å². The van der Waals surface area contributed by atoms with Gasteiger partial charge in [-0.25, -0.2) is 14.4 Å². The van der Waals surface area contributed by atoms with Gasteiger partial charge in [-0.3, -0.25) is 14.1 Å². The minimum absolute atomic E-state index is 0.149. The Labute approximate surface area is 228 Å². The van der Waals surface area contributed by atoms with Crippen LogP contribution in [0.15, 0.2) is 65.7 Å². The van der Waals surface area contributed by atoms with Crippen molar-refractivity contribution in [3.8, 4) is 11.3 Å². The number of pyridine rings is 1. The van der Waals surface area contributed by atoms with Crippen molar-refractivity contribution in [2.45, 2.75) is 33.7 Å². The number of nitrogens with zero attached hydrogens (tertiary/aromatic N) is 4. The number of carbonyl (C=O) groups excluding carboxylic acids is 1. The monoisotopic (exact) mass is 530 g/mol. The lowest BCUT2D eigenvalue weighted by Gasteiger charge is -2.23. The fourth-order valence-electron chi connectivity index (χ4n) is 5.21. The smallest absolute Gasteiger partial charge is 0.254 e. The van der Waals surface area contributed by atoms with Crippen LogP contribution in [0.4, 0.5) is 10.1 Å². The molecule has 2 aromatic heterocycles. The van der Waals surface area contributed by atoms with Crippen molar-refractivity contribution < 1.29 is 13.9 Å². The summed E-state index contributed by atoms with van der Waals surface area (Å²) in [5, 5.41) is 6.37. The molecule has 1 atom stereocenters. The molecular weight excluding hydrogens is 495 g/mol. The summed E-state index contributed by atoms with van der Waals surface area (Å²) in [6.45, 7) is 14.9. The zero-order valence-corrected chi connectivity index (χ0v) is 22.8. The average Bonchev–Trinajstić information content (AvgIpc) is 3.71. The first kappa shape index (κ1) is 26.8. The molecule has 0 saturated carbocycles. The van der Waals surface area contributed by atoms with E-state index in [1.807, 2.05) is 29.5 Å². The van der Waals surface area contributed by atoms with Gasteiger partial charge in [0.2, 0.25) is 0 Å². The number of carbonyl (C=O) groups is 1. The second-order valence-corrected chi connectivity index (χ2v) is 9.82.